The Hall–Kier alpha value is -1.26. The summed E-state index contributed by atoms with van der Waals surface area (Å²) in [5.41, 5.74) is 2.70. The predicted molar refractivity (Wildman–Crippen MR) is 120 cm³/mol. The van der Waals surface area contributed by atoms with Gasteiger partial charge in [-0.05, 0) is 68.3 Å². The van der Waals surface area contributed by atoms with Gasteiger partial charge in [-0.3, -0.25) is 4.90 Å². The van der Waals surface area contributed by atoms with Crippen LogP contribution in [-0.2, 0) is 6.42 Å². The van der Waals surface area contributed by atoms with Gasteiger partial charge in [-0.1, -0.05) is 51.2 Å². The molecule has 4 rings (SSSR count). The average molecular weight is 421 g/mol. The highest BCUT2D eigenvalue weighted by Crippen LogP contribution is 2.44. The molecule has 1 saturated heterocycles. The molecule has 1 N–H and O–H groups in total. The van der Waals surface area contributed by atoms with Crippen LogP contribution in [0.2, 0.25) is 0 Å². The van der Waals surface area contributed by atoms with Crippen LogP contribution in [0.5, 0.6) is 5.75 Å². The third-order valence-corrected chi connectivity index (χ3v) is 7.19. The average Bonchev–Trinajstić information content (AvgIpc) is 3.15. The van der Waals surface area contributed by atoms with E-state index in [-0.39, 0.29) is 18.5 Å². The second-order valence-corrected chi connectivity index (χ2v) is 8.97. The SMILES string of the molecule is CCCNC(=O)Oc1cccc2c1CC[C@H]1[C@@H]2CCN1CCC1CCCCC1.Cl. The van der Waals surface area contributed by atoms with Gasteiger partial charge in [0.1, 0.15) is 5.75 Å². The van der Waals surface area contributed by atoms with E-state index < -0.39 is 0 Å². The minimum absolute atomic E-state index is 0. The fourth-order valence-electron chi connectivity index (χ4n) is 5.71. The first kappa shape index (κ1) is 22.4. The molecule has 5 heteroatoms. The van der Waals surface area contributed by atoms with Gasteiger partial charge in [-0.15, -0.1) is 12.4 Å². The Kier molecular flexibility index (Phi) is 8.25. The lowest BCUT2D eigenvalue weighted by Gasteiger charge is -2.35. The highest BCUT2D eigenvalue weighted by Gasteiger charge is 2.39. The van der Waals surface area contributed by atoms with Gasteiger partial charge in [-0.25, -0.2) is 4.79 Å². The molecule has 2 fully saturated rings. The molecule has 2 aliphatic carbocycles. The van der Waals surface area contributed by atoms with Crippen molar-refractivity contribution in [1.29, 1.82) is 0 Å². The minimum atomic E-state index is -0.321. The van der Waals surface area contributed by atoms with Crippen LogP contribution in [0.25, 0.3) is 0 Å². The molecule has 0 unspecified atom stereocenters. The Morgan fingerprint density at radius 3 is 2.79 bits per heavy atom. The lowest BCUT2D eigenvalue weighted by atomic mass is 9.79. The molecule has 1 aromatic rings. The van der Waals surface area contributed by atoms with E-state index in [1.165, 1.54) is 75.6 Å². The number of amides is 1. The Labute approximate surface area is 182 Å². The number of halogens is 1. The second kappa shape index (κ2) is 10.7. The molecule has 4 nitrogen and oxygen atoms in total. The summed E-state index contributed by atoms with van der Waals surface area (Å²) in [5, 5.41) is 2.82. The first-order chi connectivity index (χ1) is 13.8. The van der Waals surface area contributed by atoms with Crippen LogP contribution in [-0.4, -0.2) is 36.7 Å². The van der Waals surface area contributed by atoms with Gasteiger partial charge in [0.2, 0.25) is 0 Å². The number of nitrogens with zero attached hydrogens (tertiary/aromatic N) is 1. The van der Waals surface area contributed by atoms with Crippen molar-refractivity contribution in [3.63, 3.8) is 0 Å². The van der Waals surface area contributed by atoms with Gasteiger partial charge in [-0.2, -0.15) is 0 Å². The molecule has 1 aromatic carbocycles. The maximum Gasteiger partial charge on any atom is 0.412 e. The highest BCUT2D eigenvalue weighted by molar-refractivity contribution is 5.85. The van der Waals surface area contributed by atoms with Crippen molar-refractivity contribution in [2.75, 3.05) is 19.6 Å². The van der Waals surface area contributed by atoms with E-state index in [9.17, 15) is 4.79 Å². The van der Waals surface area contributed by atoms with Crippen molar-refractivity contribution in [2.45, 2.75) is 83.1 Å². The molecule has 0 aromatic heterocycles. The van der Waals surface area contributed by atoms with Crippen LogP contribution in [0.15, 0.2) is 18.2 Å². The zero-order valence-electron chi connectivity index (χ0n) is 17.8. The Morgan fingerprint density at radius 1 is 1.17 bits per heavy atom. The smallest absolute Gasteiger partial charge is 0.410 e. The summed E-state index contributed by atoms with van der Waals surface area (Å²) in [6.45, 7) is 5.21. The summed E-state index contributed by atoms with van der Waals surface area (Å²) >= 11 is 0. The number of hydrogen-bond acceptors (Lipinski definition) is 3. The van der Waals surface area contributed by atoms with Gasteiger partial charge < -0.3 is 10.1 Å². The summed E-state index contributed by atoms with van der Waals surface area (Å²) in [7, 11) is 0. The fraction of sp³-hybridized carbons (Fsp3) is 0.708. The molecular formula is C24H37ClN2O2. The van der Waals surface area contributed by atoms with Crippen molar-refractivity contribution in [3.8, 4) is 5.75 Å². The fourth-order valence-corrected chi connectivity index (χ4v) is 5.71. The topological polar surface area (TPSA) is 41.6 Å². The quantitative estimate of drug-likeness (QED) is 0.643. The van der Waals surface area contributed by atoms with Crippen molar-refractivity contribution in [2.24, 2.45) is 5.92 Å². The monoisotopic (exact) mass is 420 g/mol. The van der Waals surface area contributed by atoms with E-state index in [0.717, 1.165) is 24.5 Å². The molecule has 1 amide bonds. The molecule has 1 saturated carbocycles. The number of nitrogens with one attached hydrogen (secondary N) is 1. The largest absolute Gasteiger partial charge is 0.412 e. The lowest BCUT2D eigenvalue weighted by Crippen LogP contribution is -2.36. The van der Waals surface area contributed by atoms with Gasteiger partial charge in [0, 0.05) is 18.5 Å². The third kappa shape index (κ3) is 5.27. The van der Waals surface area contributed by atoms with E-state index in [2.05, 4.69) is 22.3 Å². The van der Waals surface area contributed by atoms with E-state index in [1.54, 1.807) is 0 Å². The van der Waals surface area contributed by atoms with Crippen LogP contribution >= 0.6 is 12.4 Å². The minimum Gasteiger partial charge on any atom is -0.410 e. The van der Waals surface area contributed by atoms with E-state index >= 15 is 0 Å². The van der Waals surface area contributed by atoms with Gasteiger partial charge in [0.15, 0.2) is 0 Å². The molecule has 0 radical (unpaired) electrons. The van der Waals surface area contributed by atoms with Crippen LogP contribution < -0.4 is 10.1 Å². The second-order valence-electron chi connectivity index (χ2n) is 8.97. The first-order valence-electron chi connectivity index (χ1n) is 11.6. The molecule has 3 aliphatic rings. The van der Waals surface area contributed by atoms with Crippen molar-refractivity contribution in [3.05, 3.63) is 29.3 Å². The van der Waals surface area contributed by atoms with E-state index in [0.29, 0.717) is 18.5 Å². The normalized spacial score (nSPS) is 24.3. The van der Waals surface area contributed by atoms with Crippen LogP contribution in [0.1, 0.15) is 81.8 Å². The molecule has 1 aliphatic heterocycles. The number of rotatable bonds is 6. The molecule has 1 heterocycles. The molecule has 162 valence electrons. The Morgan fingerprint density at radius 2 is 2.00 bits per heavy atom. The van der Waals surface area contributed by atoms with Gasteiger partial charge >= 0.3 is 6.09 Å². The van der Waals surface area contributed by atoms with Crippen molar-refractivity contribution < 1.29 is 9.53 Å². The number of likely N-dealkylation sites (tertiary alicyclic amines) is 1. The predicted octanol–water partition coefficient (Wildman–Crippen LogP) is 5.68. The molecule has 2 atom stereocenters. The van der Waals surface area contributed by atoms with Crippen molar-refractivity contribution >= 4 is 18.5 Å². The highest BCUT2D eigenvalue weighted by atomic mass is 35.5. The zero-order valence-corrected chi connectivity index (χ0v) is 18.6. The standard InChI is InChI=1S/C24H36N2O2.ClH/c1-2-15-25-24(27)28-23-10-6-9-19-20-14-17-26(22(20)12-11-21(19)23)16-13-18-7-4-3-5-8-18;/h6,9-10,18,20,22H,2-5,7-8,11-17H2,1H3,(H,25,27);1H/t20-,22+;/m1./s1. The summed E-state index contributed by atoms with van der Waals surface area (Å²) in [6.07, 6.45) is 12.7. The lowest BCUT2D eigenvalue weighted by molar-refractivity contribution is 0.194. The number of carbonyl (C=O) groups is 1. The number of benzene rings is 1. The molecule has 0 spiro atoms. The third-order valence-electron chi connectivity index (χ3n) is 7.19. The van der Waals surface area contributed by atoms with Gasteiger partial charge in [0.05, 0.1) is 0 Å². The van der Waals surface area contributed by atoms with Crippen LogP contribution in [0.4, 0.5) is 4.79 Å². The van der Waals surface area contributed by atoms with Crippen molar-refractivity contribution in [1.82, 2.24) is 10.2 Å². The summed E-state index contributed by atoms with van der Waals surface area (Å²) in [5.74, 6) is 2.34. The van der Waals surface area contributed by atoms with E-state index in [1.807, 2.05) is 13.0 Å². The maximum atomic E-state index is 12.0. The zero-order chi connectivity index (χ0) is 19.3. The summed E-state index contributed by atoms with van der Waals surface area (Å²) in [4.78, 5) is 14.8. The Bertz CT molecular complexity index is 675. The van der Waals surface area contributed by atoms with Gasteiger partial charge in [0.25, 0.3) is 0 Å². The Balaban J connectivity index is 0.00000240. The number of carbonyl (C=O) groups excluding carboxylic acids is 1. The van der Waals surface area contributed by atoms with Crippen LogP contribution in [0, 0.1) is 5.92 Å². The number of ether oxygens (including phenoxy) is 1. The van der Waals surface area contributed by atoms with E-state index in [4.69, 9.17) is 4.74 Å². The summed E-state index contributed by atoms with van der Waals surface area (Å²) < 4.78 is 5.65. The first-order valence-corrected chi connectivity index (χ1v) is 11.6. The molecule has 0 bridgehead atoms. The summed E-state index contributed by atoms with van der Waals surface area (Å²) in [6, 6.07) is 6.97. The number of hydrogen-bond donors (Lipinski definition) is 1. The number of fused-ring (bicyclic) bond motifs is 3. The molecule has 29 heavy (non-hydrogen) atoms. The molecular weight excluding hydrogens is 384 g/mol. The maximum absolute atomic E-state index is 12.0. The van der Waals surface area contributed by atoms with Crippen LogP contribution in [0.3, 0.4) is 0 Å².